The molecule has 0 bridgehead atoms. The maximum atomic E-state index is 11.3. The van der Waals surface area contributed by atoms with E-state index in [2.05, 4.69) is 0 Å². The Hall–Kier alpha value is -1.14. The van der Waals surface area contributed by atoms with Crippen LogP contribution in [0, 0.1) is 0 Å². The molecule has 0 radical (unpaired) electrons. The molecule has 2 rings (SSSR count). The summed E-state index contributed by atoms with van der Waals surface area (Å²) in [5.74, 6) is -1.05. The first-order valence-electron chi connectivity index (χ1n) is 5.89. The van der Waals surface area contributed by atoms with Gasteiger partial charge in [-0.25, -0.2) is 0 Å². The summed E-state index contributed by atoms with van der Waals surface area (Å²) in [7, 11) is 0. The zero-order chi connectivity index (χ0) is 12.3. The van der Waals surface area contributed by atoms with Gasteiger partial charge in [-0.3, -0.25) is 9.59 Å². The summed E-state index contributed by atoms with van der Waals surface area (Å²) >= 11 is 0. The Balaban J connectivity index is 1.42. The molecule has 0 amide bonds. The highest BCUT2D eigenvalue weighted by atomic mass is 16.9. The predicted molar refractivity (Wildman–Crippen MR) is 55.0 cm³/mol. The molecule has 0 aromatic rings. The Morgan fingerprint density at radius 2 is 1.76 bits per heavy atom. The zero-order valence-corrected chi connectivity index (χ0v) is 9.46. The molecule has 3 atom stereocenters. The van der Waals surface area contributed by atoms with Crippen molar-refractivity contribution in [1.82, 2.24) is 0 Å². The van der Waals surface area contributed by atoms with Gasteiger partial charge >= 0.3 is 11.9 Å². The number of ether oxygens (including phenoxy) is 3. The molecule has 1 N–H and O–H groups in total. The number of carbonyl (C=O) groups excluding carboxylic acids is 1. The molecule has 0 aromatic heterocycles. The van der Waals surface area contributed by atoms with Crippen molar-refractivity contribution >= 4 is 11.9 Å². The van der Waals surface area contributed by atoms with E-state index >= 15 is 0 Å². The number of rotatable bonds is 8. The minimum atomic E-state index is -0.773. The highest BCUT2D eigenvalue weighted by Crippen LogP contribution is 2.40. The van der Waals surface area contributed by atoms with Gasteiger partial charge in [-0.1, -0.05) is 12.8 Å². The van der Waals surface area contributed by atoms with Crippen LogP contribution in [0.3, 0.4) is 0 Å². The van der Waals surface area contributed by atoms with Crippen molar-refractivity contribution in [2.24, 2.45) is 0 Å². The van der Waals surface area contributed by atoms with Crippen molar-refractivity contribution in [2.45, 2.75) is 57.2 Å². The van der Waals surface area contributed by atoms with Crippen LogP contribution in [0.1, 0.15) is 38.5 Å². The smallest absolute Gasteiger partial charge is 0.308 e. The molecule has 2 aliphatic rings. The molecule has 0 aliphatic carbocycles. The number of esters is 1. The lowest BCUT2D eigenvalue weighted by molar-refractivity contribution is -0.208. The topological polar surface area (TPSA) is 85.4 Å². The number of epoxide rings is 1. The summed E-state index contributed by atoms with van der Waals surface area (Å²) in [4.78, 5) is 21.5. The molecule has 17 heavy (non-hydrogen) atoms. The second-order valence-corrected chi connectivity index (χ2v) is 4.27. The van der Waals surface area contributed by atoms with Crippen molar-refractivity contribution in [2.75, 3.05) is 0 Å². The third-order valence-corrected chi connectivity index (χ3v) is 2.79. The molecule has 0 spiro atoms. The van der Waals surface area contributed by atoms with Gasteiger partial charge in [-0.15, -0.1) is 0 Å². The van der Waals surface area contributed by atoms with Crippen molar-refractivity contribution in [3.05, 3.63) is 0 Å². The van der Waals surface area contributed by atoms with Crippen LogP contribution in [0.2, 0.25) is 0 Å². The van der Waals surface area contributed by atoms with E-state index in [9.17, 15) is 9.59 Å². The van der Waals surface area contributed by atoms with Crippen LogP contribution < -0.4 is 0 Å². The number of aliphatic carboxylic acids is 1. The lowest BCUT2D eigenvalue weighted by atomic mass is 10.1. The lowest BCUT2D eigenvalue weighted by Crippen LogP contribution is -2.37. The van der Waals surface area contributed by atoms with Crippen molar-refractivity contribution in [3.8, 4) is 0 Å². The largest absolute Gasteiger partial charge is 0.481 e. The Morgan fingerprint density at radius 3 is 2.29 bits per heavy atom. The molecule has 2 aliphatic heterocycles. The third kappa shape index (κ3) is 3.67. The Morgan fingerprint density at radius 1 is 1.06 bits per heavy atom. The van der Waals surface area contributed by atoms with Gasteiger partial charge in [0.1, 0.15) is 0 Å². The van der Waals surface area contributed by atoms with Crippen LogP contribution in [-0.2, 0) is 23.8 Å². The molecule has 6 heteroatoms. The number of carboxylic acids is 1. The van der Waals surface area contributed by atoms with E-state index in [1.807, 2.05) is 0 Å². The molecule has 2 saturated heterocycles. The van der Waals surface area contributed by atoms with E-state index in [4.69, 9.17) is 19.3 Å². The van der Waals surface area contributed by atoms with Gasteiger partial charge in [0.25, 0.3) is 0 Å². The average molecular weight is 244 g/mol. The first-order chi connectivity index (χ1) is 8.16. The molecule has 2 fully saturated rings. The molecule has 0 aromatic carbocycles. The van der Waals surface area contributed by atoms with Crippen molar-refractivity contribution < 1.29 is 28.9 Å². The maximum absolute atomic E-state index is 11.3. The standard InChI is InChI=1S/C11H16O6/c12-7(13)5-3-1-2-4-6-8(14)15-10-9-11(16-9)17-10/h9-11H,1-6H2,(H,12,13). The maximum Gasteiger partial charge on any atom is 0.308 e. The van der Waals surface area contributed by atoms with Crippen LogP contribution in [-0.4, -0.2) is 35.7 Å². The minimum absolute atomic E-state index is 0.0329. The van der Waals surface area contributed by atoms with Gasteiger partial charge < -0.3 is 19.3 Å². The number of carboxylic acid groups (broad SMARTS) is 1. The molecule has 0 saturated carbocycles. The molecule has 3 unspecified atom stereocenters. The average Bonchev–Trinajstić information content (AvgIpc) is 2.91. The Bertz CT molecular complexity index is 302. The van der Waals surface area contributed by atoms with Gasteiger partial charge in [0, 0.05) is 12.8 Å². The number of fused-ring (bicyclic) bond motifs is 1. The zero-order valence-electron chi connectivity index (χ0n) is 9.46. The quantitative estimate of drug-likeness (QED) is 0.390. The van der Waals surface area contributed by atoms with Crippen LogP contribution in [0.5, 0.6) is 0 Å². The first kappa shape index (κ1) is 12.3. The summed E-state index contributed by atoms with van der Waals surface area (Å²) < 4.78 is 15.0. The molecule has 6 nitrogen and oxygen atoms in total. The second-order valence-electron chi connectivity index (χ2n) is 4.27. The van der Waals surface area contributed by atoms with E-state index in [0.717, 1.165) is 19.3 Å². The Labute approximate surface area is 98.8 Å². The molecule has 2 heterocycles. The van der Waals surface area contributed by atoms with Crippen LogP contribution >= 0.6 is 0 Å². The fraction of sp³-hybridized carbons (Fsp3) is 0.818. The summed E-state index contributed by atoms with van der Waals surface area (Å²) in [5.41, 5.74) is 0. The van der Waals surface area contributed by atoms with E-state index in [-0.39, 0.29) is 24.8 Å². The van der Waals surface area contributed by atoms with Crippen molar-refractivity contribution in [3.63, 3.8) is 0 Å². The van der Waals surface area contributed by atoms with Crippen LogP contribution in [0.15, 0.2) is 0 Å². The predicted octanol–water partition coefficient (Wildman–Crippen LogP) is 1.04. The second kappa shape index (κ2) is 5.46. The number of hydrogen-bond acceptors (Lipinski definition) is 5. The monoisotopic (exact) mass is 244 g/mol. The SMILES string of the molecule is O=C(O)CCCCCCC(=O)OC1OC2OC12. The fourth-order valence-electron chi connectivity index (χ4n) is 1.71. The van der Waals surface area contributed by atoms with E-state index in [0.29, 0.717) is 12.8 Å². The van der Waals surface area contributed by atoms with Crippen LogP contribution in [0.25, 0.3) is 0 Å². The highest BCUT2D eigenvalue weighted by Gasteiger charge is 2.60. The summed E-state index contributed by atoms with van der Waals surface area (Å²) in [6, 6.07) is 0. The van der Waals surface area contributed by atoms with Gasteiger partial charge in [0.2, 0.25) is 6.29 Å². The Kier molecular flexibility index (Phi) is 3.96. The number of unbranched alkanes of at least 4 members (excludes halogenated alkanes) is 3. The van der Waals surface area contributed by atoms with Crippen molar-refractivity contribution in [1.29, 1.82) is 0 Å². The number of hydrogen-bond donors (Lipinski definition) is 1. The summed E-state index contributed by atoms with van der Waals surface area (Å²) in [6.07, 6.45) is 2.93. The van der Waals surface area contributed by atoms with E-state index < -0.39 is 12.3 Å². The minimum Gasteiger partial charge on any atom is -0.481 e. The van der Waals surface area contributed by atoms with Gasteiger partial charge in [0.15, 0.2) is 12.4 Å². The third-order valence-electron chi connectivity index (χ3n) is 2.79. The van der Waals surface area contributed by atoms with Gasteiger partial charge in [0.05, 0.1) is 0 Å². The first-order valence-corrected chi connectivity index (χ1v) is 5.89. The normalized spacial score (nSPS) is 29.1. The molecular weight excluding hydrogens is 228 g/mol. The summed E-state index contributed by atoms with van der Waals surface area (Å²) in [6.45, 7) is 0. The molecular formula is C11H16O6. The summed E-state index contributed by atoms with van der Waals surface area (Å²) in [5, 5.41) is 8.42. The van der Waals surface area contributed by atoms with E-state index in [1.54, 1.807) is 0 Å². The fourth-order valence-corrected chi connectivity index (χ4v) is 1.71. The lowest BCUT2D eigenvalue weighted by Gasteiger charge is -2.20. The van der Waals surface area contributed by atoms with Gasteiger partial charge in [-0.2, -0.15) is 0 Å². The highest BCUT2D eigenvalue weighted by molar-refractivity contribution is 5.69. The van der Waals surface area contributed by atoms with Gasteiger partial charge in [-0.05, 0) is 12.8 Å². The number of carbonyl (C=O) groups is 2. The molecule has 96 valence electrons. The van der Waals surface area contributed by atoms with Crippen LogP contribution in [0.4, 0.5) is 0 Å². The van der Waals surface area contributed by atoms with E-state index in [1.165, 1.54) is 0 Å².